The van der Waals surface area contributed by atoms with E-state index in [0.29, 0.717) is 5.96 Å². The number of aryl methyl sites for hydroxylation is 1. The molecule has 0 amide bonds. The maximum Gasteiger partial charge on any atom is 0.188 e. The summed E-state index contributed by atoms with van der Waals surface area (Å²) in [7, 11) is 0. The molecule has 0 aliphatic carbocycles. The van der Waals surface area contributed by atoms with Crippen LogP contribution in [-0.2, 0) is 5.75 Å². The second-order valence-corrected chi connectivity index (χ2v) is 4.42. The van der Waals surface area contributed by atoms with Crippen LogP contribution in [-0.4, -0.2) is 34.8 Å². The van der Waals surface area contributed by atoms with Crippen molar-refractivity contribution < 1.29 is 0 Å². The molecule has 1 aromatic heterocycles. The SMILES string of the molecule is CCN/C(N)=N/CCSCc1[nH]cnc1C. The topological polar surface area (TPSA) is 79.1 Å². The number of hydrogen-bond acceptors (Lipinski definition) is 3. The quantitative estimate of drug-likeness (QED) is 0.392. The first-order valence-corrected chi connectivity index (χ1v) is 6.50. The van der Waals surface area contributed by atoms with E-state index in [0.717, 1.165) is 30.3 Å². The molecule has 90 valence electrons. The zero-order valence-electron chi connectivity index (χ0n) is 9.79. The first-order valence-electron chi connectivity index (χ1n) is 5.34. The van der Waals surface area contributed by atoms with Gasteiger partial charge in [0.25, 0.3) is 0 Å². The molecule has 0 fully saturated rings. The Hall–Kier alpha value is -1.17. The molecular formula is C10H19N5S. The highest BCUT2D eigenvalue weighted by Gasteiger charge is 1.99. The third-order valence-electron chi connectivity index (χ3n) is 2.06. The second-order valence-electron chi connectivity index (χ2n) is 3.32. The number of nitrogens with two attached hydrogens (primary N) is 1. The van der Waals surface area contributed by atoms with Crippen molar-refractivity contribution in [1.29, 1.82) is 0 Å². The maximum atomic E-state index is 5.60. The minimum Gasteiger partial charge on any atom is -0.370 e. The Morgan fingerprint density at radius 3 is 3.12 bits per heavy atom. The molecular weight excluding hydrogens is 222 g/mol. The number of guanidine groups is 1. The predicted molar refractivity (Wildman–Crippen MR) is 69.7 cm³/mol. The Labute approximate surface area is 100 Å². The highest BCUT2D eigenvalue weighted by atomic mass is 32.2. The number of aromatic amines is 1. The van der Waals surface area contributed by atoms with E-state index < -0.39 is 0 Å². The molecule has 1 aromatic rings. The zero-order chi connectivity index (χ0) is 11.8. The second kappa shape index (κ2) is 7.16. The minimum atomic E-state index is 0.529. The Bertz CT molecular complexity index is 334. The van der Waals surface area contributed by atoms with Crippen LogP contribution in [0, 0.1) is 6.92 Å². The van der Waals surface area contributed by atoms with Crippen molar-refractivity contribution in [2.24, 2.45) is 10.7 Å². The molecule has 0 saturated carbocycles. The number of H-pyrrole nitrogens is 1. The molecule has 0 unspecified atom stereocenters. The Kier molecular flexibility index (Phi) is 5.77. The molecule has 1 rings (SSSR count). The van der Waals surface area contributed by atoms with Gasteiger partial charge in [0.05, 0.1) is 18.6 Å². The molecule has 0 aromatic carbocycles. The van der Waals surface area contributed by atoms with E-state index in [2.05, 4.69) is 20.3 Å². The summed E-state index contributed by atoms with van der Waals surface area (Å²) in [5.41, 5.74) is 7.86. The van der Waals surface area contributed by atoms with Crippen molar-refractivity contribution in [2.75, 3.05) is 18.8 Å². The number of hydrogen-bond donors (Lipinski definition) is 3. The highest BCUT2D eigenvalue weighted by Crippen LogP contribution is 2.11. The average molecular weight is 241 g/mol. The molecule has 0 saturated heterocycles. The lowest BCUT2D eigenvalue weighted by Gasteiger charge is -2.01. The summed E-state index contributed by atoms with van der Waals surface area (Å²) in [5, 5.41) is 2.96. The van der Waals surface area contributed by atoms with Gasteiger partial charge in [-0.25, -0.2) is 4.98 Å². The Morgan fingerprint density at radius 2 is 2.50 bits per heavy atom. The van der Waals surface area contributed by atoms with Crippen molar-refractivity contribution in [2.45, 2.75) is 19.6 Å². The molecule has 6 heteroatoms. The van der Waals surface area contributed by atoms with E-state index in [4.69, 9.17) is 5.73 Å². The van der Waals surface area contributed by atoms with Gasteiger partial charge in [-0.3, -0.25) is 4.99 Å². The van der Waals surface area contributed by atoms with Crippen LogP contribution in [0.15, 0.2) is 11.3 Å². The van der Waals surface area contributed by atoms with Crippen LogP contribution in [0.3, 0.4) is 0 Å². The van der Waals surface area contributed by atoms with Gasteiger partial charge in [-0.1, -0.05) is 0 Å². The lowest BCUT2D eigenvalue weighted by atomic mass is 10.4. The number of aliphatic imine (C=N–C) groups is 1. The normalized spacial score (nSPS) is 11.8. The summed E-state index contributed by atoms with van der Waals surface area (Å²) in [4.78, 5) is 11.5. The van der Waals surface area contributed by atoms with Gasteiger partial charge in [0, 0.05) is 23.7 Å². The average Bonchev–Trinajstić information content (AvgIpc) is 2.64. The van der Waals surface area contributed by atoms with E-state index >= 15 is 0 Å². The number of aromatic nitrogens is 2. The third kappa shape index (κ3) is 4.57. The highest BCUT2D eigenvalue weighted by molar-refractivity contribution is 7.98. The Balaban J connectivity index is 2.13. The summed E-state index contributed by atoms with van der Waals surface area (Å²) in [6.07, 6.45) is 1.73. The van der Waals surface area contributed by atoms with E-state index in [1.807, 2.05) is 25.6 Å². The fourth-order valence-corrected chi connectivity index (χ4v) is 2.04. The predicted octanol–water partition coefficient (Wildman–Crippen LogP) is 0.876. The van der Waals surface area contributed by atoms with Gasteiger partial charge >= 0.3 is 0 Å². The van der Waals surface area contributed by atoms with Gasteiger partial charge in [0.1, 0.15) is 0 Å². The van der Waals surface area contributed by atoms with E-state index in [-0.39, 0.29) is 0 Å². The molecule has 16 heavy (non-hydrogen) atoms. The molecule has 0 bridgehead atoms. The smallest absolute Gasteiger partial charge is 0.188 e. The monoisotopic (exact) mass is 241 g/mol. The first-order chi connectivity index (χ1) is 7.74. The molecule has 0 aliphatic rings. The molecule has 5 nitrogen and oxygen atoms in total. The Morgan fingerprint density at radius 1 is 1.69 bits per heavy atom. The summed E-state index contributed by atoms with van der Waals surface area (Å²) in [6.45, 7) is 5.57. The lowest BCUT2D eigenvalue weighted by Crippen LogP contribution is -2.31. The molecule has 0 aliphatic heterocycles. The van der Waals surface area contributed by atoms with Crippen LogP contribution in [0.25, 0.3) is 0 Å². The minimum absolute atomic E-state index is 0.529. The van der Waals surface area contributed by atoms with E-state index in [9.17, 15) is 0 Å². The maximum absolute atomic E-state index is 5.60. The molecule has 1 heterocycles. The summed E-state index contributed by atoms with van der Waals surface area (Å²) < 4.78 is 0. The van der Waals surface area contributed by atoms with Gasteiger partial charge in [0.2, 0.25) is 0 Å². The number of imidazole rings is 1. The summed E-state index contributed by atoms with van der Waals surface area (Å²) in [6, 6.07) is 0. The fraction of sp³-hybridized carbons (Fsp3) is 0.600. The van der Waals surface area contributed by atoms with Crippen molar-refractivity contribution in [3.8, 4) is 0 Å². The van der Waals surface area contributed by atoms with Crippen molar-refractivity contribution in [3.63, 3.8) is 0 Å². The van der Waals surface area contributed by atoms with Crippen LogP contribution < -0.4 is 11.1 Å². The zero-order valence-corrected chi connectivity index (χ0v) is 10.6. The van der Waals surface area contributed by atoms with Gasteiger partial charge in [-0.15, -0.1) is 0 Å². The molecule has 0 spiro atoms. The number of nitrogens with zero attached hydrogens (tertiary/aromatic N) is 2. The van der Waals surface area contributed by atoms with Crippen LogP contribution in [0.2, 0.25) is 0 Å². The summed E-state index contributed by atoms with van der Waals surface area (Å²) >= 11 is 1.82. The number of nitrogens with one attached hydrogen (secondary N) is 2. The number of rotatable bonds is 6. The molecule has 4 N–H and O–H groups in total. The number of thioether (sulfide) groups is 1. The van der Waals surface area contributed by atoms with E-state index in [1.54, 1.807) is 6.33 Å². The van der Waals surface area contributed by atoms with Crippen molar-refractivity contribution in [1.82, 2.24) is 15.3 Å². The first kappa shape index (κ1) is 12.9. The van der Waals surface area contributed by atoms with E-state index in [1.165, 1.54) is 5.69 Å². The third-order valence-corrected chi connectivity index (χ3v) is 3.02. The van der Waals surface area contributed by atoms with Gasteiger partial charge in [-0.2, -0.15) is 11.8 Å². The lowest BCUT2D eigenvalue weighted by molar-refractivity contribution is 0.936. The van der Waals surface area contributed by atoms with Crippen molar-refractivity contribution >= 4 is 17.7 Å². The van der Waals surface area contributed by atoms with Crippen LogP contribution in [0.1, 0.15) is 18.3 Å². The van der Waals surface area contributed by atoms with Gasteiger partial charge in [-0.05, 0) is 13.8 Å². The van der Waals surface area contributed by atoms with Crippen molar-refractivity contribution in [3.05, 3.63) is 17.7 Å². The molecule has 0 radical (unpaired) electrons. The summed E-state index contributed by atoms with van der Waals surface area (Å²) in [5.74, 6) is 2.44. The largest absolute Gasteiger partial charge is 0.370 e. The standard InChI is InChI=1S/C10H19N5S/c1-3-12-10(11)13-4-5-16-6-9-8(2)14-7-15-9/h7H,3-6H2,1-2H3,(H,14,15)(H3,11,12,13). The van der Waals surface area contributed by atoms with Crippen LogP contribution >= 0.6 is 11.8 Å². The fourth-order valence-electron chi connectivity index (χ4n) is 1.18. The molecule has 0 atom stereocenters. The van der Waals surface area contributed by atoms with Gasteiger partial charge < -0.3 is 16.0 Å². The van der Waals surface area contributed by atoms with Crippen LogP contribution in [0.4, 0.5) is 0 Å². The van der Waals surface area contributed by atoms with Gasteiger partial charge in [0.15, 0.2) is 5.96 Å². The van der Waals surface area contributed by atoms with Crippen LogP contribution in [0.5, 0.6) is 0 Å².